The molecule has 5 heteroatoms. The predicted molar refractivity (Wildman–Crippen MR) is 68.4 cm³/mol. The number of amides is 1. The normalized spacial score (nSPS) is 34.1. The van der Waals surface area contributed by atoms with Gasteiger partial charge in [-0.1, -0.05) is 0 Å². The summed E-state index contributed by atoms with van der Waals surface area (Å²) in [4.78, 5) is 17.1. The summed E-state index contributed by atoms with van der Waals surface area (Å²) < 4.78 is 5.39. The van der Waals surface area contributed by atoms with Crippen molar-refractivity contribution in [2.75, 3.05) is 45.9 Å². The summed E-state index contributed by atoms with van der Waals surface area (Å²) in [6.45, 7) is 6.24. The SMILES string of the molecule is O=C(C1COCCN1)N1CCCN2CCCC2C1. The number of ether oxygens (including phenoxy) is 1. The van der Waals surface area contributed by atoms with Gasteiger partial charge in [0.1, 0.15) is 6.04 Å². The quantitative estimate of drug-likeness (QED) is 0.695. The van der Waals surface area contributed by atoms with Gasteiger partial charge in [0.2, 0.25) is 5.91 Å². The monoisotopic (exact) mass is 253 g/mol. The molecule has 3 aliphatic rings. The molecule has 3 fully saturated rings. The maximum atomic E-state index is 12.5. The minimum Gasteiger partial charge on any atom is -0.378 e. The fraction of sp³-hybridized carbons (Fsp3) is 0.923. The molecule has 5 nitrogen and oxygen atoms in total. The minimum absolute atomic E-state index is 0.119. The summed E-state index contributed by atoms with van der Waals surface area (Å²) in [5, 5.41) is 3.27. The van der Waals surface area contributed by atoms with Gasteiger partial charge < -0.3 is 15.0 Å². The second-order valence-corrected chi connectivity index (χ2v) is 5.55. The van der Waals surface area contributed by atoms with Crippen molar-refractivity contribution in [2.45, 2.75) is 31.3 Å². The summed E-state index contributed by atoms with van der Waals surface area (Å²) >= 11 is 0. The second kappa shape index (κ2) is 5.55. The van der Waals surface area contributed by atoms with Crippen molar-refractivity contribution in [1.82, 2.24) is 15.1 Å². The Labute approximate surface area is 108 Å². The molecular weight excluding hydrogens is 230 g/mol. The summed E-state index contributed by atoms with van der Waals surface area (Å²) in [6, 6.07) is 0.479. The van der Waals surface area contributed by atoms with E-state index in [0.29, 0.717) is 12.6 Å². The molecule has 0 aromatic carbocycles. The van der Waals surface area contributed by atoms with E-state index in [4.69, 9.17) is 4.74 Å². The highest BCUT2D eigenvalue weighted by molar-refractivity contribution is 5.82. The molecule has 2 unspecified atom stereocenters. The molecule has 3 aliphatic heterocycles. The van der Waals surface area contributed by atoms with E-state index >= 15 is 0 Å². The second-order valence-electron chi connectivity index (χ2n) is 5.55. The molecule has 0 bridgehead atoms. The molecule has 0 saturated carbocycles. The van der Waals surface area contributed by atoms with Gasteiger partial charge in [0.25, 0.3) is 0 Å². The zero-order chi connectivity index (χ0) is 12.4. The van der Waals surface area contributed by atoms with Crippen LogP contribution in [0.3, 0.4) is 0 Å². The van der Waals surface area contributed by atoms with Crippen molar-refractivity contribution in [1.29, 1.82) is 0 Å². The molecule has 1 N–H and O–H groups in total. The molecule has 18 heavy (non-hydrogen) atoms. The molecular formula is C13H23N3O2. The number of nitrogens with one attached hydrogen (secondary N) is 1. The summed E-state index contributed by atoms with van der Waals surface area (Å²) in [5.74, 6) is 0.239. The molecule has 3 saturated heterocycles. The highest BCUT2D eigenvalue weighted by atomic mass is 16.5. The number of hydrogen-bond acceptors (Lipinski definition) is 4. The molecule has 1 amide bonds. The molecule has 0 aromatic rings. The van der Waals surface area contributed by atoms with Crippen molar-refractivity contribution in [3.8, 4) is 0 Å². The van der Waals surface area contributed by atoms with Gasteiger partial charge in [0.05, 0.1) is 13.2 Å². The zero-order valence-corrected chi connectivity index (χ0v) is 10.9. The van der Waals surface area contributed by atoms with Crippen LogP contribution in [0.1, 0.15) is 19.3 Å². The van der Waals surface area contributed by atoms with E-state index < -0.39 is 0 Å². The first-order valence-electron chi connectivity index (χ1n) is 7.18. The number of nitrogens with zero attached hydrogens (tertiary/aromatic N) is 2. The maximum Gasteiger partial charge on any atom is 0.242 e. The fourth-order valence-electron chi connectivity index (χ4n) is 3.35. The number of carbonyl (C=O) groups is 1. The van der Waals surface area contributed by atoms with E-state index in [-0.39, 0.29) is 11.9 Å². The van der Waals surface area contributed by atoms with Gasteiger partial charge in [-0.15, -0.1) is 0 Å². The van der Waals surface area contributed by atoms with Gasteiger partial charge in [0, 0.05) is 32.2 Å². The van der Waals surface area contributed by atoms with Crippen LogP contribution in [0.5, 0.6) is 0 Å². The van der Waals surface area contributed by atoms with Crippen LogP contribution in [0.4, 0.5) is 0 Å². The molecule has 3 heterocycles. The van der Waals surface area contributed by atoms with Crippen LogP contribution in [0.15, 0.2) is 0 Å². The molecule has 102 valence electrons. The van der Waals surface area contributed by atoms with Gasteiger partial charge in [-0.3, -0.25) is 9.69 Å². The van der Waals surface area contributed by atoms with Crippen LogP contribution in [0.25, 0.3) is 0 Å². The Balaban J connectivity index is 1.61. The smallest absolute Gasteiger partial charge is 0.242 e. The Morgan fingerprint density at radius 3 is 2.94 bits per heavy atom. The molecule has 2 atom stereocenters. The molecule has 0 aromatic heterocycles. The number of morpholine rings is 1. The number of hydrogen-bond donors (Lipinski definition) is 1. The topological polar surface area (TPSA) is 44.8 Å². The third kappa shape index (κ3) is 2.53. The van der Waals surface area contributed by atoms with Crippen LogP contribution in [0, 0.1) is 0 Å². The molecule has 0 aliphatic carbocycles. The van der Waals surface area contributed by atoms with Crippen molar-refractivity contribution in [3.05, 3.63) is 0 Å². The van der Waals surface area contributed by atoms with E-state index in [1.165, 1.54) is 19.4 Å². The molecule has 0 radical (unpaired) electrons. The standard InChI is InChI=1S/C13H23N3O2/c17-13(12-10-18-8-4-14-12)16-7-2-6-15-5-1-3-11(15)9-16/h11-12,14H,1-10H2. The number of carbonyl (C=O) groups excluding carboxylic acids is 1. The largest absolute Gasteiger partial charge is 0.378 e. The van der Waals surface area contributed by atoms with Crippen LogP contribution in [-0.4, -0.2) is 73.7 Å². The third-order valence-corrected chi connectivity index (χ3v) is 4.33. The Hall–Kier alpha value is -0.650. The first-order valence-corrected chi connectivity index (χ1v) is 7.18. The molecule has 0 spiro atoms. The van der Waals surface area contributed by atoms with Crippen molar-refractivity contribution in [2.24, 2.45) is 0 Å². The first-order chi connectivity index (χ1) is 8.84. The lowest BCUT2D eigenvalue weighted by Crippen LogP contribution is -2.53. The van der Waals surface area contributed by atoms with Crippen molar-refractivity contribution >= 4 is 5.91 Å². The first kappa shape index (κ1) is 12.4. The Kier molecular flexibility index (Phi) is 3.82. The van der Waals surface area contributed by atoms with Crippen LogP contribution in [-0.2, 0) is 9.53 Å². The minimum atomic E-state index is -0.119. The van der Waals surface area contributed by atoms with E-state index in [1.807, 2.05) is 0 Å². The fourth-order valence-corrected chi connectivity index (χ4v) is 3.35. The summed E-state index contributed by atoms with van der Waals surface area (Å²) in [5.41, 5.74) is 0. The van der Waals surface area contributed by atoms with Gasteiger partial charge in [-0.2, -0.15) is 0 Å². The van der Waals surface area contributed by atoms with Gasteiger partial charge in [-0.05, 0) is 25.8 Å². The number of rotatable bonds is 1. The lowest BCUT2D eigenvalue weighted by Gasteiger charge is -2.31. The molecule has 3 rings (SSSR count). The highest BCUT2D eigenvalue weighted by Gasteiger charge is 2.33. The van der Waals surface area contributed by atoms with Gasteiger partial charge >= 0.3 is 0 Å². The van der Waals surface area contributed by atoms with E-state index in [2.05, 4.69) is 15.1 Å². The lowest BCUT2D eigenvalue weighted by molar-refractivity contribution is -0.136. The average Bonchev–Trinajstić information content (AvgIpc) is 2.76. The summed E-state index contributed by atoms with van der Waals surface area (Å²) in [6.07, 6.45) is 3.64. The average molecular weight is 253 g/mol. The Morgan fingerprint density at radius 2 is 2.11 bits per heavy atom. The Morgan fingerprint density at radius 1 is 1.22 bits per heavy atom. The predicted octanol–water partition coefficient (Wildman–Crippen LogP) is -0.328. The zero-order valence-electron chi connectivity index (χ0n) is 10.9. The van der Waals surface area contributed by atoms with Gasteiger partial charge in [-0.25, -0.2) is 0 Å². The number of fused-ring (bicyclic) bond motifs is 1. The van der Waals surface area contributed by atoms with Crippen LogP contribution < -0.4 is 5.32 Å². The van der Waals surface area contributed by atoms with E-state index in [1.54, 1.807) is 0 Å². The van der Waals surface area contributed by atoms with Crippen molar-refractivity contribution in [3.63, 3.8) is 0 Å². The Bertz CT molecular complexity index is 305. The highest BCUT2D eigenvalue weighted by Crippen LogP contribution is 2.21. The lowest BCUT2D eigenvalue weighted by atomic mass is 10.2. The van der Waals surface area contributed by atoms with Gasteiger partial charge in [0.15, 0.2) is 0 Å². The summed E-state index contributed by atoms with van der Waals surface area (Å²) in [7, 11) is 0. The van der Waals surface area contributed by atoms with Crippen LogP contribution in [0.2, 0.25) is 0 Å². The maximum absolute atomic E-state index is 12.5. The van der Waals surface area contributed by atoms with E-state index in [9.17, 15) is 4.79 Å². The van der Waals surface area contributed by atoms with Crippen LogP contribution >= 0.6 is 0 Å². The van der Waals surface area contributed by atoms with E-state index in [0.717, 1.165) is 39.2 Å². The van der Waals surface area contributed by atoms with Crippen molar-refractivity contribution < 1.29 is 9.53 Å². The third-order valence-electron chi connectivity index (χ3n) is 4.33.